The fourth-order valence-corrected chi connectivity index (χ4v) is 1.63. The van der Waals surface area contributed by atoms with Crippen LogP contribution in [0.3, 0.4) is 0 Å². The first-order chi connectivity index (χ1) is 9.86. The second kappa shape index (κ2) is 8.21. The number of carbonyl (C=O) groups excluding carboxylic acids is 2. The fraction of sp³-hybridized carbons (Fsp3) is 0.429. The number of benzene rings is 1. The van der Waals surface area contributed by atoms with Crippen molar-refractivity contribution >= 4 is 11.9 Å². The third-order valence-corrected chi connectivity index (χ3v) is 2.45. The van der Waals surface area contributed by atoms with E-state index >= 15 is 0 Å². The highest BCUT2D eigenvalue weighted by atomic mass is 19.1. The van der Waals surface area contributed by atoms with E-state index in [-0.39, 0.29) is 5.75 Å². The number of primary amides is 1. The molecule has 0 aliphatic heterocycles. The number of imide groups is 1. The molecule has 4 N–H and O–H groups in total. The van der Waals surface area contributed by atoms with Gasteiger partial charge in [-0.2, -0.15) is 0 Å². The Morgan fingerprint density at radius 1 is 1.33 bits per heavy atom. The molecule has 0 saturated carbocycles. The van der Waals surface area contributed by atoms with Gasteiger partial charge in [-0.3, -0.25) is 10.1 Å². The zero-order valence-corrected chi connectivity index (χ0v) is 12.1. The Hall–Kier alpha value is -2.15. The minimum Gasteiger partial charge on any atom is -0.484 e. The smallest absolute Gasteiger partial charge is 0.318 e. The molecule has 21 heavy (non-hydrogen) atoms. The largest absolute Gasteiger partial charge is 0.484 e. The van der Waals surface area contributed by atoms with Crippen molar-refractivity contribution in [2.45, 2.75) is 20.4 Å². The maximum Gasteiger partial charge on any atom is 0.318 e. The van der Waals surface area contributed by atoms with Crippen molar-refractivity contribution in [3.63, 3.8) is 0 Å². The number of amides is 3. The normalized spacial score (nSPS) is 10.5. The van der Waals surface area contributed by atoms with Gasteiger partial charge in [-0.1, -0.05) is 13.8 Å². The molecule has 0 bridgehead atoms. The quantitative estimate of drug-likeness (QED) is 0.703. The lowest BCUT2D eigenvalue weighted by molar-refractivity contribution is -0.121. The number of halogens is 1. The van der Waals surface area contributed by atoms with Gasteiger partial charge >= 0.3 is 6.03 Å². The number of carbonyl (C=O) groups is 2. The average molecular weight is 297 g/mol. The topological polar surface area (TPSA) is 93.4 Å². The van der Waals surface area contributed by atoms with Gasteiger partial charge in [0.15, 0.2) is 6.61 Å². The molecule has 0 radical (unpaired) electrons. The number of hydrogen-bond acceptors (Lipinski definition) is 4. The van der Waals surface area contributed by atoms with Crippen LogP contribution in [-0.2, 0) is 11.3 Å². The van der Waals surface area contributed by atoms with Crippen LogP contribution in [0.2, 0.25) is 0 Å². The summed E-state index contributed by atoms with van der Waals surface area (Å²) < 4.78 is 18.6. The molecule has 7 heteroatoms. The standard InChI is InChI=1S/C14H20FN3O3/c1-9(2)6-17-7-10-3-11(15)5-12(4-10)21-8-13(19)18-14(16)20/h3-5,9,17H,6-8H2,1-2H3,(H3,16,18,19,20). The lowest BCUT2D eigenvalue weighted by atomic mass is 10.2. The van der Waals surface area contributed by atoms with Gasteiger partial charge < -0.3 is 15.8 Å². The Morgan fingerprint density at radius 2 is 2.05 bits per heavy atom. The van der Waals surface area contributed by atoms with Crippen LogP contribution >= 0.6 is 0 Å². The highest BCUT2D eigenvalue weighted by Crippen LogP contribution is 2.16. The van der Waals surface area contributed by atoms with E-state index in [1.807, 2.05) is 5.32 Å². The molecular weight excluding hydrogens is 277 g/mol. The molecule has 0 fully saturated rings. The van der Waals surface area contributed by atoms with E-state index in [9.17, 15) is 14.0 Å². The van der Waals surface area contributed by atoms with E-state index in [1.54, 1.807) is 6.07 Å². The molecule has 0 spiro atoms. The Morgan fingerprint density at radius 3 is 2.67 bits per heavy atom. The van der Waals surface area contributed by atoms with Gasteiger partial charge in [0.25, 0.3) is 5.91 Å². The number of hydrogen-bond donors (Lipinski definition) is 3. The van der Waals surface area contributed by atoms with Gasteiger partial charge in [0.05, 0.1) is 0 Å². The molecule has 3 amide bonds. The van der Waals surface area contributed by atoms with Gasteiger partial charge in [0.2, 0.25) is 0 Å². The first-order valence-corrected chi connectivity index (χ1v) is 6.59. The van der Waals surface area contributed by atoms with Crippen LogP contribution in [0.15, 0.2) is 18.2 Å². The summed E-state index contributed by atoms with van der Waals surface area (Å²) in [6, 6.07) is 3.24. The predicted octanol–water partition coefficient (Wildman–Crippen LogP) is 1.15. The van der Waals surface area contributed by atoms with Crippen LogP contribution in [0.4, 0.5) is 9.18 Å². The fourth-order valence-electron chi connectivity index (χ4n) is 1.63. The van der Waals surface area contributed by atoms with Crippen LogP contribution in [0.1, 0.15) is 19.4 Å². The van der Waals surface area contributed by atoms with Gasteiger partial charge in [-0.05, 0) is 30.2 Å². The maximum absolute atomic E-state index is 13.5. The molecule has 1 aromatic carbocycles. The van der Waals surface area contributed by atoms with Crippen LogP contribution < -0.4 is 21.1 Å². The Kier molecular flexibility index (Phi) is 6.61. The Bertz CT molecular complexity index is 506. The molecule has 116 valence electrons. The molecule has 0 heterocycles. The van der Waals surface area contributed by atoms with Crippen LogP contribution in [-0.4, -0.2) is 25.1 Å². The molecule has 1 aromatic rings. The monoisotopic (exact) mass is 297 g/mol. The van der Waals surface area contributed by atoms with Crippen LogP contribution in [0.25, 0.3) is 0 Å². The second-order valence-electron chi connectivity index (χ2n) is 5.02. The predicted molar refractivity (Wildman–Crippen MR) is 76.2 cm³/mol. The zero-order valence-electron chi connectivity index (χ0n) is 12.1. The summed E-state index contributed by atoms with van der Waals surface area (Å²) in [6.07, 6.45) is 0. The highest BCUT2D eigenvalue weighted by Gasteiger charge is 2.07. The van der Waals surface area contributed by atoms with E-state index in [2.05, 4.69) is 19.2 Å². The van der Waals surface area contributed by atoms with Crippen molar-refractivity contribution in [1.29, 1.82) is 0 Å². The van der Waals surface area contributed by atoms with E-state index in [4.69, 9.17) is 10.5 Å². The number of ether oxygens (including phenoxy) is 1. The molecule has 0 atom stereocenters. The third-order valence-electron chi connectivity index (χ3n) is 2.45. The minimum absolute atomic E-state index is 0.218. The molecule has 1 rings (SSSR count). The van der Waals surface area contributed by atoms with Crippen LogP contribution in [0, 0.1) is 11.7 Å². The van der Waals surface area contributed by atoms with Crippen molar-refractivity contribution in [3.8, 4) is 5.75 Å². The number of nitrogens with one attached hydrogen (secondary N) is 2. The summed E-state index contributed by atoms with van der Waals surface area (Å²) in [6.45, 7) is 5.05. The van der Waals surface area contributed by atoms with E-state index in [1.165, 1.54) is 12.1 Å². The Balaban J connectivity index is 2.56. The van der Waals surface area contributed by atoms with Crippen molar-refractivity contribution in [1.82, 2.24) is 10.6 Å². The summed E-state index contributed by atoms with van der Waals surface area (Å²) in [5.41, 5.74) is 5.50. The second-order valence-corrected chi connectivity index (χ2v) is 5.02. The first kappa shape index (κ1) is 16.9. The lowest BCUT2D eigenvalue weighted by Gasteiger charge is -2.10. The zero-order chi connectivity index (χ0) is 15.8. The highest BCUT2D eigenvalue weighted by molar-refractivity contribution is 5.94. The molecule has 0 unspecified atom stereocenters. The van der Waals surface area contributed by atoms with Crippen LogP contribution in [0.5, 0.6) is 5.75 Å². The summed E-state index contributed by atoms with van der Waals surface area (Å²) in [7, 11) is 0. The van der Waals surface area contributed by atoms with Crippen molar-refractivity contribution < 1.29 is 18.7 Å². The number of rotatable bonds is 7. The summed E-state index contributed by atoms with van der Waals surface area (Å²) >= 11 is 0. The summed E-state index contributed by atoms with van der Waals surface area (Å²) in [4.78, 5) is 21.7. The van der Waals surface area contributed by atoms with E-state index in [0.29, 0.717) is 18.0 Å². The molecule has 0 aromatic heterocycles. The molecule has 6 nitrogen and oxygen atoms in total. The summed E-state index contributed by atoms with van der Waals surface area (Å²) in [5, 5.41) is 5.04. The van der Waals surface area contributed by atoms with Gasteiger partial charge in [-0.25, -0.2) is 9.18 Å². The number of nitrogens with two attached hydrogens (primary N) is 1. The molecule has 0 aliphatic carbocycles. The van der Waals surface area contributed by atoms with Gasteiger partial charge in [0.1, 0.15) is 11.6 Å². The van der Waals surface area contributed by atoms with Gasteiger partial charge in [-0.15, -0.1) is 0 Å². The number of urea groups is 1. The lowest BCUT2D eigenvalue weighted by Crippen LogP contribution is -2.38. The average Bonchev–Trinajstić information content (AvgIpc) is 2.34. The van der Waals surface area contributed by atoms with Crippen molar-refractivity contribution in [3.05, 3.63) is 29.6 Å². The minimum atomic E-state index is -0.957. The van der Waals surface area contributed by atoms with E-state index < -0.39 is 24.4 Å². The summed E-state index contributed by atoms with van der Waals surface area (Å²) in [5.74, 6) is -0.432. The maximum atomic E-state index is 13.5. The Labute approximate surface area is 122 Å². The first-order valence-electron chi connectivity index (χ1n) is 6.59. The van der Waals surface area contributed by atoms with Gasteiger partial charge in [0, 0.05) is 12.6 Å². The third kappa shape index (κ3) is 7.26. The molecule has 0 aliphatic rings. The molecule has 0 saturated heterocycles. The molecular formula is C14H20FN3O3. The SMILES string of the molecule is CC(C)CNCc1cc(F)cc(OCC(=O)NC(N)=O)c1. The van der Waals surface area contributed by atoms with E-state index in [0.717, 1.165) is 6.54 Å². The van der Waals surface area contributed by atoms with Crippen molar-refractivity contribution in [2.24, 2.45) is 11.7 Å². The van der Waals surface area contributed by atoms with Crippen molar-refractivity contribution in [2.75, 3.05) is 13.2 Å².